The van der Waals surface area contributed by atoms with Crippen LogP contribution >= 0.6 is 11.3 Å². The number of piperidine rings is 1. The van der Waals surface area contributed by atoms with E-state index in [-0.39, 0.29) is 29.6 Å². The third-order valence-electron chi connectivity index (χ3n) is 5.77. The minimum Gasteiger partial charge on any atom is -0.447 e. The zero-order valence-corrected chi connectivity index (χ0v) is 19.7. The molecule has 0 bridgehead atoms. The highest BCUT2D eigenvalue weighted by Crippen LogP contribution is 2.33. The quantitative estimate of drug-likeness (QED) is 0.571. The number of carbonyl (C=O) groups is 1. The summed E-state index contributed by atoms with van der Waals surface area (Å²) in [4.78, 5) is 22.0. The van der Waals surface area contributed by atoms with Gasteiger partial charge in [0.2, 0.25) is 0 Å². The van der Waals surface area contributed by atoms with Crippen molar-refractivity contribution in [2.24, 2.45) is 0 Å². The van der Waals surface area contributed by atoms with Crippen molar-refractivity contribution in [1.29, 1.82) is 0 Å². The van der Waals surface area contributed by atoms with Crippen LogP contribution in [0.3, 0.4) is 0 Å². The molecule has 1 aromatic carbocycles. The first-order valence-electron chi connectivity index (χ1n) is 11.2. The average Bonchev–Trinajstić information content (AvgIpc) is 3.34. The number of ether oxygens (including phenoxy) is 1. The van der Waals surface area contributed by atoms with Crippen LogP contribution in [0.25, 0.3) is 10.4 Å². The Balaban J connectivity index is 1.27. The number of rotatable bonds is 6. The van der Waals surface area contributed by atoms with Crippen LogP contribution in [0, 0.1) is 11.6 Å². The second-order valence-corrected chi connectivity index (χ2v) is 9.47. The van der Waals surface area contributed by atoms with Crippen LogP contribution in [0.2, 0.25) is 0 Å². The van der Waals surface area contributed by atoms with Crippen molar-refractivity contribution in [2.45, 2.75) is 45.3 Å². The molecule has 2 aliphatic rings. The van der Waals surface area contributed by atoms with Crippen molar-refractivity contribution < 1.29 is 23.1 Å². The van der Waals surface area contributed by atoms with Gasteiger partial charge in [0, 0.05) is 54.8 Å². The van der Waals surface area contributed by atoms with Crippen LogP contribution in [-0.4, -0.2) is 49.4 Å². The third-order valence-corrected chi connectivity index (χ3v) is 6.67. The molecule has 0 aliphatic carbocycles. The zero-order valence-electron chi connectivity index (χ0n) is 18.9. The fourth-order valence-corrected chi connectivity index (χ4v) is 4.72. The van der Waals surface area contributed by atoms with E-state index < -0.39 is 11.6 Å². The van der Waals surface area contributed by atoms with Gasteiger partial charge in [0.25, 0.3) is 0 Å². The molecule has 178 valence electrons. The maximum atomic E-state index is 14.8. The molecule has 3 heterocycles. The molecule has 1 aromatic heterocycles. The zero-order chi connectivity index (χ0) is 23.4. The minimum atomic E-state index is -0.427. The summed E-state index contributed by atoms with van der Waals surface area (Å²) < 4.78 is 34.6. The van der Waals surface area contributed by atoms with Gasteiger partial charge < -0.3 is 14.5 Å². The Kier molecular flexibility index (Phi) is 7.49. The SMILES string of the molecule is CC(C)OC(=O)N1CCC(ONC2=CCN(c3cc(F)c(-c4cccs4)cc3F)CC2)CC1. The average molecular weight is 478 g/mol. The van der Waals surface area contributed by atoms with Gasteiger partial charge in [0.15, 0.2) is 0 Å². The maximum absolute atomic E-state index is 14.8. The lowest BCUT2D eigenvalue weighted by Gasteiger charge is -2.33. The number of anilines is 1. The largest absolute Gasteiger partial charge is 0.447 e. The Bertz CT molecular complexity index is 989. The Morgan fingerprint density at radius 2 is 1.97 bits per heavy atom. The second kappa shape index (κ2) is 10.5. The maximum Gasteiger partial charge on any atom is 0.410 e. The van der Waals surface area contributed by atoms with Crippen LogP contribution in [0.1, 0.15) is 33.1 Å². The Labute approximate surface area is 196 Å². The summed E-state index contributed by atoms with van der Waals surface area (Å²) in [5.74, 6) is -0.850. The lowest BCUT2D eigenvalue weighted by molar-refractivity contribution is -0.0415. The number of nitrogens with zero attached hydrogens (tertiary/aromatic N) is 2. The number of nitrogens with one attached hydrogen (secondary N) is 1. The predicted molar refractivity (Wildman–Crippen MR) is 125 cm³/mol. The van der Waals surface area contributed by atoms with E-state index in [0.717, 1.165) is 18.5 Å². The monoisotopic (exact) mass is 477 g/mol. The molecule has 9 heteroatoms. The molecule has 0 atom stereocenters. The fourth-order valence-electron chi connectivity index (χ4n) is 3.97. The normalized spacial score (nSPS) is 17.3. The second-order valence-electron chi connectivity index (χ2n) is 8.52. The smallest absolute Gasteiger partial charge is 0.410 e. The molecular weight excluding hydrogens is 448 g/mol. The van der Waals surface area contributed by atoms with Crippen molar-refractivity contribution in [2.75, 3.05) is 31.1 Å². The van der Waals surface area contributed by atoms with Gasteiger partial charge in [-0.3, -0.25) is 10.3 Å². The van der Waals surface area contributed by atoms with Crippen LogP contribution in [-0.2, 0) is 9.57 Å². The van der Waals surface area contributed by atoms with Gasteiger partial charge in [-0.2, -0.15) is 0 Å². The van der Waals surface area contributed by atoms with Gasteiger partial charge >= 0.3 is 6.09 Å². The number of amides is 1. The Morgan fingerprint density at radius 1 is 1.18 bits per heavy atom. The van der Waals surface area contributed by atoms with Crippen molar-refractivity contribution in [3.63, 3.8) is 0 Å². The molecule has 2 aromatic rings. The van der Waals surface area contributed by atoms with E-state index in [2.05, 4.69) is 5.48 Å². The molecule has 0 spiro atoms. The summed E-state index contributed by atoms with van der Waals surface area (Å²) >= 11 is 1.38. The number of carbonyl (C=O) groups excluding carboxylic acids is 1. The van der Waals surface area contributed by atoms with Gasteiger partial charge in [-0.1, -0.05) is 6.07 Å². The molecule has 1 saturated heterocycles. The summed E-state index contributed by atoms with van der Waals surface area (Å²) in [6.45, 7) is 5.87. The van der Waals surface area contributed by atoms with Crippen LogP contribution in [0.15, 0.2) is 41.4 Å². The summed E-state index contributed by atoms with van der Waals surface area (Å²) in [7, 11) is 0. The molecule has 6 nitrogen and oxygen atoms in total. The number of benzene rings is 1. The van der Waals surface area contributed by atoms with E-state index in [9.17, 15) is 13.6 Å². The van der Waals surface area contributed by atoms with Gasteiger partial charge in [-0.25, -0.2) is 13.6 Å². The molecule has 33 heavy (non-hydrogen) atoms. The Morgan fingerprint density at radius 3 is 2.61 bits per heavy atom. The fraction of sp³-hybridized carbons (Fsp3) is 0.458. The summed E-state index contributed by atoms with van der Waals surface area (Å²) in [5, 5.41) is 1.84. The van der Waals surface area contributed by atoms with E-state index >= 15 is 0 Å². The molecule has 2 aliphatic heterocycles. The first-order valence-corrected chi connectivity index (χ1v) is 12.1. The predicted octanol–water partition coefficient (Wildman–Crippen LogP) is 5.32. The standard InChI is InChI=1S/C24H29F2N3O3S/c1-16(2)31-24(30)29-11-7-18(8-12-29)32-27-17-5-9-28(10-6-17)22-15-20(25)19(14-21(22)26)23-4-3-13-33-23/h3-5,13-16,18,27H,6-12H2,1-2H3. The Hall–Kier alpha value is -2.65. The van der Waals surface area contributed by atoms with E-state index in [1.807, 2.05) is 36.3 Å². The van der Waals surface area contributed by atoms with Crippen LogP contribution < -0.4 is 10.4 Å². The van der Waals surface area contributed by atoms with E-state index in [1.165, 1.54) is 23.5 Å². The van der Waals surface area contributed by atoms with E-state index in [1.54, 1.807) is 11.0 Å². The van der Waals surface area contributed by atoms with E-state index in [4.69, 9.17) is 9.57 Å². The highest BCUT2D eigenvalue weighted by atomic mass is 32.1. The number of hydroxylamine groups is 1. The molecular formula is C24H29F2N3O3S. The molecule has 1 N–H and O–H groups in total. The third kappa shape index (κ3) is 5.83. The minimum absolute atomic E-state index is 0.00312. The van der Waals surface area contributed by atoms with Gasteiger partial charge in [0.1, 0.15) is 11.6 Å². The molecule has 0 radical (unpaired) electrons. The van der Waals surface area contributed by atoms with Crippen LogP contribution in [0.4, 0.5) is 19.3 Å². The number of hydrogen-bond donors (Lipinski definition) is 1. The van der Waals surface area contributed by atoms with Gasteiger partial charge in [-0.15, -0.1) is 11.3 Å². The molecule has 0 saturated carbocycles. The summed E-state index contributed by atoms with van der Waals surface area (Å²) in [6, 6.07) is 6.16. The molecule has 0 unspecified atom stereocenters. The first kappa shape index (κ1) is 23.5. The van der Waals surface area contributed by atoms with Crippen LogP contribution in [0.5, 0.6) is 0 Å². The molecule has 1 fully saturated rings. The van der Waals surface area contributed by atoms with Crippen molar-refractivity contribution in [3.05, 3.63) is 53.1 Å². The van der Waals surface area contributed by atoms with Crippen molar-refractivity contribution in [1.82, 2.24) is 10.4 Å². The lowest BCUT2D eigenvalue weighted by Crippen LogP contribution is -2.43. The lowest BCUT2D eigenvalue weighted by atomic mass is 10.1. The summed E-state index contributed by atoms with van der Waals surface area (Å²) in [6.07, 6.45) is 3.61. The number of likely N-dealkylation sites (tertiary alicyclic amines) is 1. The van der Waals surface area contributed by atoms with E-state index in [0.29, 0.717) is 37.5 Å². The highest BCUT2D eigenvalue weighted by Gasteiger charge is 2.26. The van der Waals surface area contributed by atoms with Gasteiger partial charge in [-0.05, 0) is 50.3 Å². The topological polar surface area (TPSA) is 54.0 Å². The molecule has 4 rings (SSSR count). The first-order chi connectivity index (χ1) is 15.9. The number of halogens is 2. The summed E-state index contributed by atoms with van der Waals surface area (Å²) in [5.41, 5.74) is 4.51. The highest BCUT2D eigenvalue weighted by molar-refractivity contribution is 7.13. The van der Waals surface area contributed by atoms with Crippen molar-refractivity contribution >= 4 is 23.1 Å². The molecule has 1 amide bonds. The number of thiophene rings is 1. The number of hydrogen-bond acceptors (Lipinski definition) is 6. The van der Waals surface area contributed by atoms with Gasteiger partial charge in [0.05, 0.1) is 17.9 Å². The van der Waals surface area contributed by atoms with Crippen molar-refractivity contribution in [3.8, 4) is 10.4 Å².